The van der Waals surface area contributed by atoms with Crippen LogP contribution in [0.2, 0.25) is 0 Å². The summed E-state index contributed by atoms with van der Waals surface area (Å²) < 4.78 is 0.841. The molecule has 2 atom stereocenters. The molecule has 0 aliphatic rings. The van der Waals surface area contributed by atoms with E-state index in [1.807, 2.05) is 38.1 Å². The van der Waals surface area contributed by atoms with Crippen LogP contribution in [0.1, 0.15) is 25.8 Å². The van der Waals surface area contributed by atoms with Gasteiger partial charge in [0.05, 0.1) is 0 Å². The number of carbonyl (C=O) groups excluding carboxylic acids is 2. The zero-order valence-electron chi connectivity index (χ0n) is 12.2. The number of halogens is 1. The summed E-state index contributed by atoms with van der Waals surface area (Å²) in [7, 11) is 0. The number of carbonyl (C=O) groups is 2. The maximum absolute atomic E-state index is 11.9. The number of rotatable bonds is 7. The zero-order valence-corrected chi connectivity index (χ0v) is 13.8. The van der Waals surface area contributed by atoms with Gasteiger partial charge in [0.15, 0.2) is 0 Å². The van der Waals surface area contributed by atoms with Crippen molar-refractivity contribution in [1.82, 2.24) is 5.32 Å². The average molecular weight is 357 g/mol. The molecule has 0 radical (unpaired) electrons. The number of nitrogens with one attached hydrogen (secondary N) is 1. The average Bonchev–Trinajstić information content (AvgIpc) is 2.39. The Labute approximate surface area is 133 Å². The summed E-state index contributed by atoms with van der Waals surface area (Å²) >= 11 is 3.39. The summed E-state index contributed by atoms with van der Waals surface area (Å²) in [5.74, 6) is -1.02. The Morgan fingerprint density at radius 2 is 1.95 bits per heavy atom. The van der Waals surface area contributed by atoms with Gasteiger partial charge in [0.2, 0.25) is 11.8 Å². The SMILES string of the molecule is CC(C)C[C@@H](O)C(=O)N[C@H](Cc1ccccc1Br)C(N)=O. The van der Waals surface area contributed by atoms with Gasteiger partial charge < -0.3 is 16.2 Å². The van der Waals surface area contributed by atoms with Crippen molar-refractivity contribution in [2.24, 2.45) is 11.7 Å². The normalized spacial score (nSPS) is 13.8. The molecule has 21 heavy (non-hydrogen) atoms. The molecule has 0 aromatic heterocycles. The summed E-state index contributed by atoms with van der Waals surface area (Å²) in [5, 5.41) is 12.3. The summed E-state index contributed by atoms with van der Waals surface area (Å²) in [6.07, 6.45) is -0.519. The van der Waals surface area contributed by atoms with Gasteiger partial charge in [-0.05, 0) is 24.0 Å². The molecule has 0 unspecified atom stereocenters. The molecule has 2 amide bonds. The van der Waals surface area contributed by atoms with Crippen molar-refractivity contribution in [3.63, 3.8) is 0 Å². The minimum absolute atomic E-state index is 0.182. The number of amides is 2. The van der Waals surface area contributed by atoms with Crippen LogP contribution in [0.4, 0.5) is 0 Å². The van der Waals surface area contributed by atoms with Gasteiger partial charge in [0, 0.05) is 10.9 Å². The maximum Gasteiger partial charge on any atom is 0.249 e. The lowest BCUT2D eigenvalue weighted by atomic mass is 10.0. The lowest BCUT2D eigenvalue weighted by Gasteiger charge is -2.19. The van der Waals surface area contributed by atoms with E-state index >= 15 is 0 Å². The number of hydrogen-bond donors (Lipinski definition) is 3. The first kappa shape index (κ1) is 17.7. The predicted octanol–water partition coefficient (Wildman–Crippen LogP) is 1.37. The fourth-order valence-electron chi connectivity index (χ4n) is 1.93. The van der Waals surface area contributed by atoms with E-state index in [0.717, 1.165) is 10.0 Å². The van der Waals surface area contributed by atoms with E-state index in [0.29, 0.717) is 6.42 Å². The zero-order chi connectivity index (χ0) is 16.0. The minimum atomic E-state index is -1.13. The lowest BCUT2D eigenvalue weighted by molar-refractivity contribution is -0.133. The molecule has 6 heteroatoms. The highest BCUT2D eigenvalue weighted by molar-refractivity contribution is 9.10. The molecule has 0 aliphatic heterocycles. The fourth-order valence-corrected chi connectivity index (χ4v) is 2.37. The topological polar surface area (TPSA) is 92.4 Å². The molecule has 1 rings (SSSR count). The monoisotopic (exact) mass is 356 g/mol. The third-order valence-corrected chi connectivity index (χ3v) is 3.81. The van der Waals surface area contributed by atoms with E-state index in [4.69, 9.17) is 5.73 Å². The molecule has 1 aromatic carbocycles. The van der Waals surface area contributed by atoms with E-state index in [-0.39, 0.29) is 12.3 Å². The third-order valence-electron chi connectivity index (χ3n) is 3.04. The molecule has 1 aromatic rings. The summed E-state index contributed by atoms with van der Waals surface area (Å²) in [6, 6.07) is 6.54. The van der Waals surface area contributed by atoms with Crippen LogP contribution < -0.4 is 11.1 Å². The van der Waals surface area contributed by atoms with Crippen molar-refractivity contribution in [3.8, 4) is 0 Å². The van der Waals surface area contributed by atoms with Crippen LogP contribution in [-0.4, -0.2) is 29.1 Å². The van der Waals surface area contributed by atoms with Crippen LogP contribution in [0.25, 0.3) is 0 Å². The Morgan fingerprint density at radius 3 is 2.48 bits per heavy atom. The van der Waals surface area contributed by atoms with Crippen molar-refractivity contribution in [3.05, 3.63) is 34.3 Å². The Hall–Kier alpha value is -1.40. The molecule has 0 spiro atoms. The summed E-state index contributed by atoms with van der Waals surface area (Å²) in [4.78, 5) is 23.4. The second-order valence-corrected chi connectivity index (χ2v) is 6.26. The molecular weight excluding hydrogens is 336 g/mol. The van der Waals surface area contributed by atoms with Gasteiger partial charge in [-0.3, -0.25) is 9.59 Å². The highest BCUT2D eigenvalue weighted by atomic mass is 79.9. The first-order chi connectivity index (χ1) is 9.81. The van der Waals surface area contributed by atoms with Gasteiger partial charge >= 0.3 is 0 Å². The van der Waals surface area contributed by atoms with Gasteiger partial charge in [-0.1, -0.05) is 48.0 Å². The molecule has 0 bridgehead atoms. The van der Waals surface area contributed by atoms with E-state index in [9.17, 15) is 14.7 Å². The minimum Gasteiger partial charge on any atom is -0.383 e. The summed E-state index contributed by atoms with van der Waals surface area (Å²) in [5.41, 5.74) is 6.19. The molecular formula is C15H21BrN2O3. The van der Waals surface area contributed by atoms with Gasteiger partial charge in [0.25, 0.3) is 0 Å². The number of aliphatic hydroxyl groups excluding tert-OH is 1. The molecule has 0 saturated heterocycles. The van der Waals surface area contributed by atoms with E-state index in [1.54, 1.807) is 0 Å². The van der Waals surface area contributed by atoms with Gasteiger partial charge in [-0.25, -0.2) is 0 Å². The standard InChI is InChI=1S/C15H21BrN2O3/c1-9(2)7-13(19)15(21)18-12(14(17)20)8-10-5-3-4-6-11(10)16/h3-6,9,12-13,19H,7-8H2,1-2H3,(H2,17,20)(H,18,21)/t12-,13-/m1/s1. The van der Waals surface area contributed by atoms with Crippen molar-refractivity contribution in [2.45, 2.75) is 38.8 Å². The Kier molecular flexibility index (Phi) is 6.84. The number of nitrogens with two attached hydrogens (primary N) is 1. The van der Waals surface area contributed by atoms with Crippen LogP contribution in [0.15, 0.2) is 28.7 Å². The highest BCUT2D eigenvalue weighted by Crippen LogP contribution is 2.17. The first-order valence-electron chi connectivity index (χ1n) is 6.82. The van der Waals surface area contributed by atoms with E-state index in [1.165, 1.54) is 0 Å². The Morgan fingerprint density at radius 1 is 1.33 bits per heavy atom. The fraction of sp³-hybridized carbons (Fsp3) is 0.467. The van der Waals surface area contributed by atoms with E-state index < -0.39 is 24.0 Å². The number of primary amides is 1. The van der Waals surface area contributed by atoms with Crippen molar-refractivity contribution >= 4 is 27.7 Å². The number of hydrogen-bond acceptors (Lipinski definition) is 3. The van der Waals surface area contributed by atoms with Crippen molar-refractivity contribution in [2.75, 3.05) is 0 Å². The van der Waals surface area contributed by atoms with Crippen LogP contribution in [-0.2, 0) is 16.0 Å². The largest absolute Gasteiger partial charge is 0.383 e. The Balaban J connectivity index is 2.73. The second kappa shape index (κ2) is 8.14. The molecule has 5 nitrogen and oxygen atoms in total. The molecule has 0 aliphatic carbocycles. The number of aliphatic hydroxyl groups is 1. The molecule has 4 N–H and O–H groups in total. The third kappa shape index (κ3) is 5.85. The van der Waals surface area contributed by atoms with E-state index in [2.05, 4.69) is 21.2 Å². The number of benzene rings is 1. The molecule has 0 heterocycles. The van der Waals surface area contributed by atoms with Gasteiger partial charge in [0.1, 0.15) is 12.1 Å². The summed E-state index contributed by atoms with van der Waals surface area (Å²) in [6.45, 7) is 3.81. The van der Waals surface area contributed by atoms with Crippen LogP contribution in [0.5, 0.6) is 0 Å². The maximum atomic E-state index is 11.9. The van der Waals surface area contributed by atoms with Crippen LogP contribution >= 0.6 is 15.9 Å². The van der Waals surface area contributed by atoms with Crippen LogP contribution in [0.3, 0.4) is 0 Å². The lowest BCUT2D eigenvalue weighted by Crippen LogP contribution is -2.49. The Bertz CT molecular complexity index is 505. The first-order valence-corrected chi connectivity index (χ1v) is 7.61. The molecule has 0 fully saturated rings. The second-order valence-electron chi connectivity index (χ2n) is 5.40. The molecule has 0 saturated carbocycles. The van der Waals surface area contributed by atoms with Crippen LogP contribution in [0, 0.1) is 5.92 Å². The predicted molar refractivity (Wildman–Crippen MR) is 84.4 cm³/mol. The van der Waals surface area contributed by atoms with Gasteiger partial charge in [-0.2, -0.15) is 0 Å². The highest BCUT2D eigenvalue weighted by Gasteiger charge is 2.24. The van der Waals surface area contributed by atoms with Crippen molar-refractivity contribution in [1.29, 1.82) is 0 Å². The quantitative estimate of drug-likeness (QED) is 0.688. The van der Waals surface area contributed by atoms with Crippen molar-refractivity contribution < 1.29 is 14.7 Å². The molecule has 116 valence electrons. The van der Waals surface area contributed by atoms with Gasteiger partial charge in [-0.15, -0.1) is 0 Å². The smallest absolute Gasteiger partial charge is 0.249 e.